The number of benzene rings is 2. The maximum atomic E-state index is 12.3. The topological polar surface area (TPSA) is 55.7 Å². The van der Waals surface area contributed by atoms with Crippen LogP contribution in [0.15, 0.2) is 71.2 Å². The van der Waals surface area contributed by atoms with Gasteiger partial charge in [0.25, 0.3) is 0 Å². The van der Waals surface area contributed by atoms with Gasteiger partial charge in [-0.25, -0.2) is 4.98 Å². The minimum absolute atomic E-state index is 0.0769. The molecule has 0 saturated heterocycles. The second-order valence-electron chi connectivity index (χ2n) is 6.71. The number of rotatable bonds is 6. The summed E-state index contributed by atoms with van der Waals surface area (Å²) in [5.74, 6) is 0.368. The van der Waals surface area contributed by atoms with E-state index in [9.17, 15) is 4.79 Å². The predicted octanol–water partition coefficient (Wildman–Crippen LogP) is 5.86. The second-order valence-corrected chi connectivity index (χ2v) is 8.60. The van der Waals surface area contributed by atoms with Crippen molar-refractivity contribution in [1.82, 2.24) is 15.2 Å². The molecule has 0 aliphatic carbocycles. The van der Waals surface area contributed by atoms with Crippen molar-refractivity contribution in [3.05, 3.63) is 82.0 Å². The average molecular weight is 418 g/mol. The van der Waals surface area contributed by atoms with Crippen LogP contribution in [0.3, 0.4) is 0 Å². The number of ketones is 1. The summed E-state index contributed by atoms with van der Waals surface area (Å²) in [7, 11) is 0. The number of carbonyl (C=O) groups excluding carboxylic acids is 1. The molecule has 2 aromatic heterocycles. The van der Waals surface area contributed by atoms with Gasteiger partial charge in [-0.2, -0.15) is 0 Å². The molecule has 0 atom stereocenters. The summed E-state index contributed by atoms with van der Waals surface area (Å²) in [6, 6.07) is 20.1. The van der Waals surface area contributed by atoms with Crippen molar-refractivity contribution in [3.63, 3.8) is 0 Å². The molecule has 0 saturated carbocycles. The van der Waals surface area contributed by atoms with Crippen molar-refractivity contribution in [3.8, 4) is 22.5 Å². The minimum atomic E-state index is 0.0769. The standard InChI is InChI=1S/C23H19N3OS2/c1-15-5-9-17(10-6-15)21-22(18-11-7-16(2)8-12-18)25-26-23(24-21)29-14-19(27)20-4-3-13-28-20/h3-13H,14H2,1-2H3. The van der Waals surface area contributed by atoms with E-state index >= 15 is 0 Å². The van der Waals surface area contributed by atoms with Gasteiger partial charge in [-0.15, -0.1) is 21.5 Å². The molecule has 0 unspecified atom stereocenters. The first kappa shape index (κ1) is 19.5. The Bertz CT molecular complexity index is 1120. The zero-order chi connectivity index (χ0) is 20.2. The summed E-state index contributed by atoms with van der Waals surface area (Å²) in [5.41, 5.74) is 5.83. The Labute approximate surface area is 178 Å². The van der Waals surface area contributed by atoms with Crippen molar-refractivity contribution >= 4 is 28.9 Å². The van der Waals surface area contributed by atoms with Gasteiger partial charge in [0.1, 0.15) is 11.4 Å². The highest BCUT2D eigenvalue weighted by molar-refractivity contribution is 7.99. The molecule has 0 radical (unpaired) electrons. The molecule has 2 aromatic carbocycles. The molecule has 0 aliphatic rings. The number of thiophene rings is 1. The Hall–Kier alpha value is -2.83. The Kier molecular flexibility index (Phi) is 5.83. The predicted molar refractivity (Wildman–Crippen MR) is 120 cm³/mol. The summed E-state index contributed by atoms with van der Waals surface area (Å²) in [6.45, 7) is 4.11. The van der Waals surface area contributed by atoms with Gasteiger partial charge in [0.05, 0.1) is 10.6 Å². The smallest absolute Gasteiger partial charge is 0.210 e. The largest absolute Gasteiger partial charge is 0.292 e. The highest BCUT2D eigenvalue weighted by atomic mass is 32.2. The number of aryl methyl sites for hydroxylation is 2. The van der Waals surface area contributed by atoms with Gasteiger partial charge in [0.2, 0.25) is 5.16 Å². The van der Waals surface area contributed by atoms with E-state index in [2.05, 4.69) is 48.3 Å². The number of hydrogen-bond acceptors (Lipinski definition) is 6. The molecule has 0 bridgehead atoms. The highest BCUT2D eigenvalue weighted by Crippen LogP contribution is 2.30. The van der Waals surface area contributed by atoms with Gasteiger partial charge in [-0.05, 0) is 25.3 Å². The molecule has 144 valence electrons. The molecule has 4 aromatic rings. The maximum Gasteiger partial charge on any atom is 0.210 e. The van der Waals surface area contributed by atoms with E-state index in [0.717, 1.165) is 27.4 Å². The molecule has 0 N–H and O–H groups in total. The van der Waals surface area contributed by atoms with Crippen LogP contribution in [0.25, 0.3) is 22.5 Å². The van der Waals surface area contributed by atoms with E-state index in [0.29, 0.717) is 10.9 Å². The summed E-state index contributed by atoms with van der Waals surface area (Å²) in [4.78, 5) is 17.8. The number of carbonyl (C=O) groups is 1. The van der Waals surface area contributed by atoms with Crippen LogP contribution in [0.2, 0.25) is 0 Å². The summed E-state index contributed by atoms with van der Waals surface area (Å²) in [6.07, 6.45) is 0. The summed E-state index contributed by atoms with van der Waals surface area (Å²) < 4.78 is 0. The summed E-state index contributed by atoms with van der Waals surface area (Å²) >= 11 is 2.77. The molecule has 0 aliphatic heterocycles. The fourth-order valence-corrected chi connectivity index (χ4v) is 4.26. The van der Waals surface area contributed by atoms with Crippen LogP contribution in [0, 0.1) is 13.8 Å². The fraction of sp³-hybridized carbons (Fsp3) is 0.130. The molecular weight excluding hydrogens is 398 g/mol. The molecule has 0 fully saturated rings. The van der Waals surface area contributed by atoms with Crippen LogP contribution in [-0.2, 0) is 0 Å². The van der Waals surface area contributed by atoms with Gasteiger partial charge in [0, 0.05) is 11.1 Å². The number of nitrogens with zero attached hydrogens (tertiary/aromatic N) is 3. The van der Waals surface area contributed by atoms with Gasteiger partial charge < -0.3 is 0 Å². The third-order valence-corrected chi connectivity index (χ3v) is 6.19. The Balaban J connectivity index is 1.68. The van der Waals surface area contributed by atoms with Gasteiger partial charge >= 0.3 is 0 Å². The van der Waals surface area contributed by atoms with E-state index in [1.165, 1.54) is 34.2 Å². The monoisotopic (exact) mass is 417 g/mol. The first-order valence-corrected chi connectivity index (χ1v) is 11.0. The molecule has 4 rings (SSSR count). The lowest BCUT2D eigenvalue weighted by atomic mass is 10.0. The van der Waals surface area contributed by atoms with Crippen molar-refractivity contribution < 1.29 is 4.79 Å². The summed E-state index contributed by atoms with van der Waals surface area (Å²) in [5, 5.41) is 11.2. The highest BCUT2D eigenvalue weighted by Gasteiger charge is 2.15. The normalized spacial score (nSPS) is 10.8. The van der Waals surface area contributed by atoms with E-state index < -0.39 is 0 Å². The van der Waals surface area contributed by atoms with E-state index in [4.69, 9.17) is 4.98 Å². The van der Waals surface area contributed by atoms with Gasteiger partial charge in [-0.3, -0.25) is 4.79 Å². The first-order valence-electron chi connectivity index (χ1n) is 9.18. The quantitative estimate of drug-likeness (QED) is 0.290. The molecule has 2 heterocycles. The van der Waals surface area contributed by atoms with Gasteiger partial charge in [-0.1, -0.05) is 77.5 Å². The lowest BCUT2D eigenvalue weighted by Crippen LogP contribution is -2.03. The number of aromatic nitrogens is 3. The molecule has 0 amide bonds. The number of Topliss-reactive ketones (excluding diaryl/α,β-unsaturated/α-hetero) is 1. The van der Waals surface area contributed by atoms with Crippen molar-refractivity contribution in [2.24, 2.45) is 0 Å². The average Bonchev–Trinajstić information content (AvgIpc) is 3.28. The molecule has 29 heavy (non-hydrogen) atoms. The zero-order valence-corrected chi connectivity index (χ0v) is 17.8. The fourth-order valence-electron chi connectivity index (χ4n) is 2.83. The van der Waals surface area contributed by atoms with Crippen LogP contribution >= 0.6 is 23.1 Å². The molecule has 4 nitrogen and oxygen atoms in total. The Morgan fingerprint density at radius 3 is 2.07 bits per heavy atom. The second kappa shape index (κ2) is 8.68. The lowest BCUT2D eigenvalue weighted by molar-refractivity contribution is 0.102. The zero-order valence-electron chi connectivity index (χ0n) is 16.1. The van der Waals surface area contributed by atoms with Crippen LogP contribution in [0.1, 0.15) is 20.8 Å². The van der Waals surface area contributed by atoms with E-state index in [1.54, 1.807) is 0 Å². The van der Waals surface area contributed by atoms with Crippen LogP contribution < -0.4 is 0 Å². The van der Waals surface area contributed by atoms with Crippen molar-refractivity contribution in [1.29, 1.82) is 0 Å². The number of hydrogen-bond donors (Lipinski definition) is 0. The third kappa shape index (κ3) is 4.60. The van der Waals surface area contributed by atoms with Crippen LogP contribution in [-0.4, -0.2) is 26.7 Å². The van der Waals surface area contributed by atoms with Crippen molar-refractivity contribution in [2.75, 3.05) is 5.75 Å². The number of thioether (sulfide) groups is 1. The molecular formula is C23H19N3OS2. The maximum absolute atomic E-state index is 12.3. The third-order valence-electron chi connectivity index (χ3n) is 4.45. The first-order chi connectivity index (χ1) is 14.1. The SMILES string of the molecule is Cc1ccc(-c2nnc(SCC(=O)c3cccs3)nc2-c2ccc(C)cc2)cc1. The minimum Gasteiger partial charge on any atom is -0.292 e. The van der Waals surface area contributed by atoms with Crippen molar-refractivity contribution in [2.45, 2.75) is 19.0 Å². The van der Waals surface area contributed by atoms with Crippen LogP contribution in [0.4, 0.5) is 0 Å². The molecule has 6 heteroatoms. The Morgan fingerprint density at radius 1 is 0.862 bits per heavy atom. The lowest BCUT2D eigenvalue weighted by Gasteiger charge is -2.10. The van der Waals surface area contributed by atoms with Gasteiger partial charge in [0.15, 0.2) is 5.78 Å². The van der Waals surface area contributed by atoms with E-state index in [-0.39, 0.29) is 5.78 Å². The Morgan fingerprint density at radius 2 is 1.48 bits per heavy atom. The van der Waals surface area contributed by atoms with E-state index in [1.807, 2.05) is 41.8 Å². The molecule has 0 spiro atoms. The van der Waals surface area contributed by atoms with Crippen LogP contribution in [0.5, 0.6) is 0 Å².